The molecule has 1 N–H and O–H groups in total. The summed E-state index contributed by atoms with van der Waals surface area (Å²) in [6.07, 6.45) is 1.05. The van der Waals surface area contributed by atoms with E-state index in [-0.39, 0.29) is 5.72 Å². The van der Waals surface area contributed by atoms with Gasteiger partial charge in [-0.1, -0.05) is 6.92 Å². The molecule has 2 nitrogen and oxygen atoms in total. The largest absolute Gasteiger partial charge is 0.360 e. The van der Waals surface area contributed by atoms with Crippen LogP contribution in [0.15, 0.2) is 0 Å². The maximum atomic E-state index is 5.38. The average Bonchev–Trinajstić information content (AvgIpc) is 2.17. The third-order valence-corrected chi connectivity index (χ3v) is 1.70. The summed E-state index contributed by atoms with van der Waals surface area (Å²) in [5.41, 5.74) is -0.0139. The Morgan fingerprint density at radius 3 is 2.75 bits per heavy atom. The molecule has 1 heterocycles. The molecule has 0 bridgehead atoms. The Morgan fingerprint density at radius 2 is 2.50 bits per heavy atom. The van der Waals surface area contributed by atoms with Crippen LogP contribution in [0, 0.1) is 0 Å². The predicted molar refractivity (Wildman–Crippen MR) is 32.7 cm³/mol. The van der Waals surface area contributed by atoms with Crippen molar-refractivity contribution in [2.75, 3.05) is 13.2 Å². The maximum absolute atomic E-state index is 5.38. The fraction of sp³-hybridized carbons (Fsp3) is 1.00. The molecule has 1 saturated heterocycles. The van der Waals surface area contributed by atoms with Crippen molar-refractivity contribution in [1.82, 2.24) is 5.32 Å². The Kier molecular flexibility index (Phi) is 1.54. The molecule has 0 amide bonds. The van der Waals surface area contributed by atoms with Crippen LogP contribution in [0.3, 0.4) is 0 Å². The molecule has 0 spiro atoms. The van der Waals surface area contributed by atoms with E-state index < -0.39 is 0 Å². The van der Waals surface area contributed by atoms with Crippen LogP contribution in [-0.2, 0) is 4.74 Å². The van der Waals surface area contributed by atoms with Gasteiger partial charge >= 0.3 is 0 Å². The second-order valence-corrected chi connectivity index (χ2v) is 2.36. The van der Waals surface area contributed by atoms with Crippen molar-refractivity contribution in [2.24, 2.45) is 0 Å². The topological polar surface area (TPSA) is 21.3 Å². The van der Waals surface area contributed by atoms with Crippen molar-refractivity contribution < 1.29 is 4.74 Å². The molecule has 0 aliphatic carbocycles. The second kappa shape index (κ2) is 2.03. The molecule has 0 radical (unpaired) electrons. The van der Waals surface area contributed by atoms with Crippen LogP contribution in [0.1, 0.15) is 20.3 Å². The summed E-state index contributed by atoms with van der Waals surface area (Å²) >= 11 is 0. The Bertz CT molecular complexity index is 76.6. The number of hydrogen-bond donors (Lipinski definition) is 1. The van der Waals surface area contributed by atoms with Gasteiger partial charge in [0.25, 0.3) is 0 Å². The molecule has 2 heteroatoms. The molecule has 0 aromatic heterocycles. The molecular formula is C6H13NO. The van der Waals surface area contributed by atoms with Gasteiger partial charge in [-0.05, 0) is 13.3 Å². The van der Waals surface area contributed by atoms with Gasteiger partial charge in [-0.15, -0.1) is 0 Å². The van der Waals surface area contributed by atoms with E-state index in [1.807, 2.05) is 0 Å². The van der Waals surface area contributed by atoms with Crippen LogP contribution in [0.4, 0.5) is 0 Å². The molecule has 0 aromatic carbocycles. The van der Waals surface area contributed by atoms with Crippen LogP contribution < -0.4 is 5.32 Å². The second-order valence-electron chi connectivity index (χ2n) is 2.36. The van der Waals surface area contributed by atoms with E-state index in [0.717, 1.165) is 19.6 Å². The van der Waals surface area contributed by atoms with Gasteiger partial charge in [0.15, 0.2) is 0 Å². The number of hydrogen-bond acceptors (Lipinski definition) is 2. The average molecular weight is 115 g/mol. The lowest BCUT2D eigenvalue weighted by Gasteiger charge is -2.20. The van der Waals surface area contributed by atoms with Crippen molar-refractivity contribution >= 4 is 0 Å². The lowest BCUT2D eigenvalue weighted by Crippen LogP contribution is -2.36. The van der Waals surface area contributed by atoms with Gasteiger partial charge in [-0.3, -0.25) is 5.32 Å². The van der Waals surface area contributed by atoms with Crippen molar-refractivity contribution in [3.8, 4) is 0 Å². The predicted octanol–water partition coefficient (Wildman–Crippen LogP) is 0.732. The van der Waals surface area contributed by atoms with Crippen molar-refractivity contribution in [3.05, 3.63) is 0 Å². The van der Waals surface area contributed by atoms with Gasteiger partial charge in [0.1, 0.15) is 5.72 Å². The van der Waals surface area contributed by atoms with Crippen molar-refractivity contribution in [3.63, 3.8) is 0 Å². The highest BCUT2D eigenvalue weighted by Gasteiger charge is 2.25. The van der Waals surface area contributed by atoms with Crippen molar-refractivity contribution in [2.45, 2.75) is 26.0 Å². The first-order chi connectivity index (χ1) is 3.77. The maximum Gasteiger partial charge on any atom is 0.116 e. The minimum absolute atomic E-state index is 0.0139. The summed E-state index contributed by atoms with van der Waals surface area (Å²) in [5.74, 6) is 0. The molecule has 1 rings (SSSR count). The number of rotatable bonds is 1. The van der Waals surface area contributed by atoms with Crippen LogP contribution >= 0.6 is 0 Å². The Morgan fingerprint density at radius 1 is 1.75 bits per heavy atom. The van der Waals surface area contributed by atoms with Crippen molar-refractivity contribution in [1.29, 1.82) is 0 Å². The molecule has 1 aliphatic heterocycles. The Balaban J connectivity index is 2.40. The Labute approximate surface area is 50.2 Å². The van der Waals surface area contributed by atoms with E-state index in [2.05, 4.69) is 19.2 Å². The number of ether oxygens (including phenoxy) is 1. The third-order valence-electron chi connectivity index (χ3n) is 1.70. The van der Waals surface area contributed by atoms with Crippen LogP contribution in [0.2, 0.25) is 0 Å². The minimum atomic E-state index is -0.0139. The zero-order chi connectivity index (χ0) is 6.04. The van der Waals surface area contributed by atoms with E-state index in [9.17, 15) is 0 Å². The van der Waals surface area contributed by atoms with Gasteiger partial charge in [0.05, 0.1) is 6.61 Å². The van der Waals surface area contributed by atoms with Gasteiger partial charge in [-0.2, -0.15) is 0 Å². The first kappa shape index (κ1) is 6.05. The van der Waals surface area contributed by atoms with Crippen LogP contribution in [-0.4, -0.2) is 18.9 Å². The summed E-state index contributed by atoms with van der Waals surface area (Å²) in [7, 11) is 0. The summed E-state index contributed by atoms with van der Waals surface area (Å²) in [6.45, 7) is 6.08. The van der Waals surface area contributed by atoms with Gasteiger partial charge in [0.2, 0.25) is 0 Å². The fourth-order valence-electron chi connectivity index (χ4n) is 0.870. The summed E-state index contributed by atoms with van der Waals surface area (Å²) in [4.78, 5) is 0. The first-order valence-electron chi connectivity index (χ1n) is 3.16. The normalized spacial score (nSPS) is 38.2. The third kappa shape index (κ3) is 1.01. The zero-order valence-corrected chi connectivity index (χ0v) is 5.53. The molecular weight excluding hydrogens is 102 g/mol. The highest BCUT2D eigenvalue weighted by atomic mass is 16.5. The molecule has 0 aromatic rings. The molecule has 0 saturated carbocycles. The van der Waals surface area contributed by atoms with E-state index in [1.165, 1.54) is 0 Å². The molecule has 48 valence electrons. The monoisotopic (exact) mass is 115 g/mol. The van der Waals surface area contributed by atoms with E-state index in [0.29, 0.717) is 0 Å². The summed E-state index contributed by atoms with van der Waals surface area (Å²) < 4.78 is 5.38. The SMILES string of the molecule is CC[C@]1(C)NCCO1. The van der Waals surface area contributed by atoms with Gasteiger partial charge in [-0.25, -0.2) is 0 Å². The van der Waals surface area contributed by atoms with E-state index in [1.54, 1.807) is 0 Å². The van der Waals surface area contributed by atoms with Crippen LogP contribution in [0.25, 0.3) is 0 Å². The molecule has 1 aliphatic rings. The molecule has 0 unspecified atom stereocenters. The molecule has 1 atom stereocenters. The smallest absolute Gasteiger partial charge is 0.116 e. The lowest BCUT2D eigenvalue weighted by atomic mass is 10.2. The molecule has 8 heavy (non-hydrogen) atoms. The molecule has 1 fully saturated rings. The quantitative estimate of drug-likeness (QED) is 0.544. The standard InChI is InChI=1S/C6H13NO/c1-3-6(2)7-4-5-8-6/h7H,3-5H2,1-2H3/t6-/m1/s1. The fourth-order valence-corrected chi connectivity index (χ4v) is 0.870. The highest BCUT2D eigenvalue weighted by molar-refractivity contribution is 4.74. The first-order valence-corrected chi connectivity index (χ1v) is 3.16. The minimum Gasteiger partial charge on any atom is -0.360 e. The lowest BCUT2D eigenvalue weighted by molar-refractivity contribution is 0.00354. The van der Waals surface area contributed by atoms with Gasteiger partial charge < -0.3 is 4.74 Å². The Hall–Kier alpha value is -0.0800. The summed E-state index contributed by atoms with van der Waals surface area (Å²) in [6, 6.07) is 0. The van der Waals surface area contributed by atoms with Crippen LogP contribution in [0.5, 0.6) is 0 Å². The number of nitrogens with one attached hydrogen (secondary N) is 1. The van der Waals surface area contributed by atoms with E-state index >= 15 is 0 Å². The summed E-state index contributed by atoms with van der Waals surface area (Å²) in [5, 5.41) is 3.26. The van der Waals surface area contributed by atoms with E-state index in [4.69, 9.17) is 4.74 Å². The zero-order valence-electron chi connectivity index (χ0n) is 5.53. The van der Waals surface area contributed by atoms with Gasteiger partial charge in [0, 0.05) is 6.54 Å². The highest BCUT2D eigenvalue weighted by Crippen LogP contribution is 2.14.